The summed E-state index contributed by atoms with van der Waals surface area (Å²) in [5.41, 5.74) is 9.00. The van der Waals surface area contributed by atoms with E-state index in [9.17, 15) is 19.9 Å². The standard InChI is InChI=1S/C19H22F2N11O7PS/c20-7-5(1-33)38-18(31-4-26-10-15(31)27-19(23)28-16(10)35)12(7)40(36,41)37-2-6-11(34)8(21)17(39-6)32-14-9(29-30-32)13(22)24-3-25-14/h3-8,11-12,17-18,33-34H,1-2H2,(H,36,41)(H2,22,24,25)(H3,23,27,28,35)/t5-,6?,7-,8+,11-,12-,17-,18-,40?/m1/s1. The lowest BCUT2D eigenvalue weighted by Gasteiger charge is -2.29. The van der Waals surface area contributed by atoms with Gasteiger partial charge in [-0.1, -0.05) is 5.21 Å². The summed E-state index contributed by atoms with van der Waals surface area (Å²) in [6.45, 7) is -5.66. The highest BCUT2D eigenvalue weighted by atomic mass is 32.5. The minimum absolute atomic E-state index is 0.000445. The maximum Gasteiger partial charge on any atom is 0.280 e. The van der Waals surface area contributed by atoms with Gasteiger partial charge in [0.15, 0.2) is 53.3 Å². The Labute approximate surface area is 231 Å². The Morgan fingerprint density at radius 2 is 1.88 bits per heavy atom. The van der Waals surface area contributed by atoms with Crippen LogP contribution in [0.3, 0.4) is 0 Å². The number of anilines is 2. The third-order valence-corrected chi connectivity index (χ3v) is 9.68. The van der Waals surface area contributed by atoms with Crippen LogP contribution in [0, 0.1) is 0 Å². The third kappa shape index (κ3) is 4.54. The number of halogens is 2. The van der Waals surface area contributed by atoms with E-state index in [0.29, 0.717) is 0 Å². The number of H-pyrrole nitrogens is 1. The van der Waals surface area contributed by atoms with Gasteiger partial charge in [-0.25, -0.2) is 23.7 Å². The zero-order valence-corrected chi connectivity index (χ0v) is 22.2. The zero-order chi connectivity index (χ0) is 29.2. The van der Waals surface area contributed by atoms with Crippen LogP contribution in [0.4, 0.5) is 20.5 Å². The molecule has 2 aliphatic rings. The van der Waals surface area contributed by atoms with E-state index in [1.165, 1.54) is 0 Å². The molecule has 8 N–H and O–H groups in total. The third-order valence-electron chi connectivity index (χ3n) is 6.82. The Hall–Kier alpha value is -3.30. The molecule has 2 saturated heterocycles. The van der Waals surface area contributed by atoms with Crippen LogP contribution >= 0.6 is 6.49 Å². The summed E-state index contributed by atoms with van der Waals surface area (Å²) in [6, 6.07) is 0. The van der Waals surface area contributed by atoms with Gasteiger partial charge in [-0.2, -0.15) is 9.67 Å². The molecule has 0 radical (unpaired) electrons. The van der Waals surface area contributed by atoms with E-state index in [-0.39, 0.29) is 34.1 Å². The first kappa shape index (κ1) is 27.8. The van der Waals surface area contributed by atoms with E-state index in [4.69, 9.17) is 37.3 Å². The number of nitrogen functional groups attached to an aromatic ring is 2. The number of aromatic nitrogens is 9. The molecule has 0 bridgehead atoms. The molecule has 2 fully saturated rings. The fraction of sp³-hybridized carbons (Fsp3) is 0.526. The van der Waals surface area contributed by atoms with Crippen molar-refractivity contribution in [3.63, 3.8) is 0 Å². The van der Waals surface area contributed by atoms with Crippen LogP contribution in [0.1, 0.15) is 12.5 Å². The van der Waals surface area contributed by atoms with E-state index in [1.54, 1.807) is 0 Å². The second kappa shape index (κ2) is 10.2. The Balaban J connectivity index is 1.25. The molecule has 4 aromatic heterocycles. The Morgan fingerprint density at radius 3 is 2.63 bits per heavy atom. The van der Waals surface area contributed by atoms with E-state index in [2.05, 4.69) is 35.2 Å². The van der Waals surface area contributed by atoms with Gasteiger partial charge in [0.2, 0.25) is 5.95 Å². The van der Waals surface area contributed by atoms with Gasteiger partial charge in [-0.15, -0.1) is 5.10 Å². The quantitative estimate of drug-likeness (QED) is 0.123. The molecule has 41 heavy (non-hydrogen) atoms. The average Bonchev–Trinajstić information content (AvgIpc) is 3.68. The highest BCUT2D eigenvalue weighted by Gasteiger charge is 2.54. The van der Waals surface area contributed by atoms with Crippen LogP contribution in [0.2, 0.25) is 0 Å². The molecule has 4 aromatic rings. The molecule has 2 unspecified atom stereocenters. The molecular weight excluding hydrogens is 595 g/mol. The van der Waals surface area contributed by atoms with E-state index < -0.39 is 74.0 Å². The first-order chi connectivity index (χ1) is 19.5. The fourth-order valence-corrected chi connectivity index (χ4v) is 7.28. The lowest BCUT2D eigenvalue weighted by Crippen LogP contribution is -2.34. The number of aromatic amines is 1. The summed E-state index contributed by atoms with van der Waals surface area (Å²) in [4.78, 5) is 41.5. The largest absolute Gasteiger partial charge is 0.394 e. The number of aliphatic hydroxyl groups is 2. The van der Waals surface area contributed by atoms with Crippen molar-refractivity contribution in [2.45, 2.75) is 48.8 Å². The number of ether oxygens (including phenoxy) is 2. The van der Waals surface area contributed by atoms with Gasteiger partial charge < -0.3 is 40.6 Å². The number of fused-ring (bicyclic) bond motifs is 2. The van der Waals surface area contributed by atoms with Crippen LogP contribution in [0.5, 0.6) is 0 Å². The SMILES string of the molecule is Nc1nc2c(ncn2[C@@H]2O[C@H](CO)[C@@H](F)[C@H]2P(O)(=S)OCC2O[C@@H](n3nnc4c(N)ncnc43)[C@@H](F)[C@@H]2O)c(=O)[nH]1. The number of imidazole rings is 1. The summed E-state index contributed by atoms with van der Waals surface area (Å²) in [7, 11) is 0. The van der Waals surface area contributed by atoms with Gasteiger partial charge in [-0.05, 0) is 11.8 Å². The van der Waals surface area contributed by atoms with Gasteiger partial charge in [-0.3, -0.25) is 14.3 Å². The lowest BCUT2D eigenvalue weighted by molar-refractivity contribution is -0.0477. The van der Waals surface area contributed by atoms with Gasteiger partial charge >= 0.3 is 0 Å². The second-order valence-corrected chi connectivity index (χ2v) is 12.8. The van der Waals surface area contributed by atoms with Crippen LogP contribution < -0.4 is 17.0 Å². The molecule has 6 rings (SSSR count). The summed E-state index contributed by atoms with van der Waals surface area (Å²) < 4.78 is 49.5. The van der Waals surface area contributed by atoms with E-state index >= 15 is 8.78 Å². The molecule has 2 aliphatic heterocycles. The minimum atomic E-state index is -4.23. The Morgan fingerprint density at radius 1 is 1.12 bits per heavy atom. The number of hydrogen-bond donors (Lipinski definition) is 6. The number of nitrogens with two attached hydrogens (primary N) is 2. The summed E-state index contributed by atoms with van der Waals surface area (Å²) in [6.07, 6.45) is -9.36. The highest BCUT2D eigenvalue weighted by molar-refractivity contribution is 8.09. The summed E-state index contributed by atoms with van der Waals surface area (Å²) in [5, 5.41) is 27.8. The van der Waals surface area contributed by atoms with Crippen LogP contribution in [0.25, 0.3) is 22.3 Å². The number of aliphatic hydroxyl groups excluding tert-OH is 2. The van der Waals surface area contributed by atoms with Gasteiger partial charge in [0.1, 0.15) is 36.5 Å². The summed E-state index contributed by atoms with van der Waals surface area (Å²) >= 11 is 5.30. The average molecular weight is 617 g/mol. The van der Waals surface area contributed by atoms with Crippen molar-refractivity contribution in [3.8, 4) is 0 Å². The molecule has 6 heterocycles. The molecule has 0 saturated carbocycles. The molecule has 0 aromatic carbocycles. The van der Waals surface area contributed by atoms with Crippen molar-refractivity contribution in [1.29, 1.82) is 0 Å². The summed E-state index contributed by atoms with van der Waals surface area (Å²) in [5.74, 6) is -0.259. The number of alkyl halides is 2. The van der Waals surface area contributed by atoms with Crippen molar-refractivity contribution in [1.82, 2.24) is 44.5 Å². The molecule has 9 atom stereocenters. The molecular formula is C19H22F2N11O7PS. The number of hydrogen-bond acceptors (Lipinski definition) is 15. The topological polar surface area (TPSA) is 260 Å². The predicted octanol–water partition coefficient (Wildman–Crippen LogP) is -1.97. The van der Waals surface area contributed by atoms with Gasteiger partial charge in [0.25, 0.3) is 5.56 Å². The second-order valence-electron chi connectivity index (χ2n) is 9.28. The van der Waals surface area contributed by atoms with Crippen LogP contribution in [-0.2, 0) is 25.8 Å². The van der Waals surface area contributed by atoms with Crippen LogP contribution in [0.15, 0.2) is 17.4 Å². The first-order valence-corrected chi connectivity index (χ1v) is 14.6. The number of nitrogens with zero attached hydrogens (tertiary/aromatic N) is 8. The smallest absolute Gasteiger partial charge is 0.280 e. The normalized spacial score (nSPS) is 31.7. The van der Waals surface area contributed by atoms with Crippen molar-refractivity contribution in [3.05, 3.63) is 23.0 Å². The lowest BCUT2D eigenvalue weighted by atomic mass is 10.1. The maximum absolute atomic E-state index is 15.5. The number of nitrogens with one attached hydrogen (secondary N) is 1. The molecule has 18 nitrogen and oxygen atoms in total. The molecule has 0 amide bonds. The van der Waals surface area contributed by atoms with E-state index in [1.807, 2.05) is 0 Å². The van der Waals surface area contributed by atoms with Crippen molar-refractivity contribution in [2.75, 3.05) is 24.7 Å². The van der Waals surface area contributed by atoms with Crippen molar-refractivity contribution >= 4 is 52.4 Å². The highest BCUT2D eigenvalue weighted by Crippen LogP contribution is 2.58. The fourth-order valence-electron chi connectivity index (χ4n) is 4.81. The monoisotopic (exact) mass is 617 g/mol. The van der Waals surface area contributed by atoms with Gasteiger partial charge in [0, 0.05) is 0 Å². The van der Waals surface area contributed by atoms with Gasteiger partial charge in [0.05, 0.1) is 19.5 Å². The maximum atomic E-state index is 15.5. The van der Waals surface area contributed by atoms with E-state index in [0.717, 1.165) is 21.9 Å². The number of rotatable bonds is 7. The molecule has 22 heteroatoms. The molecule has 220 valence electrons. The minimum Gasteiger partial charge on any atom is -0.394 e. The first-order valence-electron chi connectivity index (χ1n) is 11.9. The zero-order valence-electron chi connectivity index (χ0n) is 20.5. The van der Waals surface area contributed by atoms with Crippen LogP contribution in [-0.4, -0.2) is 109 Å². The van der Waals surface area contributed by atoms with Crippen molar-refractivity contribution < 1.29 is 37.9 Å². The predicted molar refractivity (Wildman–Crippen MR) is 137 cm³/mol. The van der Waals surface area contributed by atoms with Crippen molar-refractivity contribution in [2.24, 2.45) is 0 Å². The molecule has 0 aliphatic carbocycles. The Kier molecular flexibility index (Phi) is 6.93. The molecule has 0 spiro atoms. The Bertz CT molecular complexity index is 1720.